The number of halogens is 1. The summed E-state index contributed by atoms with van der Waals surface area (Å²) in [6.45, 7) is 1.64. The van der Waals surface area contributed by atoms with Gasteiger partial charge in [0, 0.05) is 5.75 Å². The van der Waals surface area contributed by atoms with E-state index in [-0.39, 0.29) is 11.3 Å². The fourth-order valence-corrected chi connectivity index (χ4v) is 5.25. The van der Waals surface area contributed by atoms with Gasteiger partial charge in [-0.25, -0.2) is 26.0 Å². The molecule has 0 saturated heterocycles. The number of hydrogen-bond acceptors (Lipinski definition) is 5. The van der Waals surface area contributed by atoms with Crippen molar-refractivity contribution in [3.63, 3.8) is 0 Å². The Morgan fingerprint density at radius 1 is 1.14 bits per heavy atom. The first kappa shape index (κ1) is 17.6. The first-order chi connectivity index (χ1) is 9.59. The summed E-state index contributed by atoms with van der Waals surface area (Å²) in [6, 6.07) is 2.36. The molecule has 0 amide bonds. The summed E-state index contributed by atoms with van der Waals surface area (Å²) in [4.78, 5) is 9.98. The van der Waals surface area contributed by atoms with Crippen molar-refractivity contribution < 1.29 is 31.1 Å². The van der Waals surface area contributed by atoms with Crippen LogP contribution in [0, 0.1) is 5.82 Å². The van der Waals surface area contributed by atoms with Crippen LogP contribution in [0.15, 0.2) is 23.1 Å². The second-order valence-corrected chi connectivity index (χ2v) is 8.80. The maximum absolute atomic E-state index is 13.6. The number of benzene rings is 1. The van der Waals surface area contributed by atoms with Crippen molar-refractivity contribution in [3.05, 3.63) is 29.6 Å². The molecule has 0 bridgehead atoms. The Bertz CT molecular complexity index is 737. The molecule has 0 spiro atoms. The van der Waals surface area contributed by atoms with E-state index in [4.69, 9.17) is 5.11 Å². The van der Waals surface area contributed by atoms with Crippen LogP contribution in [0.4, 0.5) is 4.39 Å². The van der Waals surface area contributed by atoms with Gasteiger partial charge in [-0.3, -0.25) is 0 Å². The van der Waals surface area contributed by atoms with Crippen molar-refractivity contribution >= 4 is 25.6 Å². The highest BCUT2D eigenvalue weighted by Gasteiger charge is 2.23. The minimum Gasteiger partial charge on any atom is -0.478 e. The van der Waals surface area contributed by atoms with E-state index in [1.54, 1.807) is 6.92 Å². The summed E-state index contributed by atoms with van der Waals surface area (Å²) >= 11 is 0. The van der Waals surface area contributed by atoms with Gasteiger partial charge in [-0.1, -0.05) is 6.92 Å². The van der Waals surface area contributed by atoms with Gasteiger partial charge in [-0.05, 0) is 24.6 Å². The molecule has 1 aromatic carbocycles. The van der Waals surface area contributed by atoms with Crippen molar-refractivity contribution in [3.8, 4) is 0 Å². The highest BCUT2D eigenvalue weighted by atomic mass is 32.2. The molecule has 1 rings (SSSR count). The van der Waals surface area contributed by atoms with Gasteiger partial charge in [0.1, 0.15) is 10.7 Å². The average Bonchev–Trinajstić information content (AvgIpc) is 2.36. The summed E-state index contributed by atoms with van der Waals surface area (Å²) in [6.07, 6.45) is 0.352. The third-order valence-electron chi connectivity index (χ3n) is 2.69. The molecule has 118 valence electrons. The van der Waals surface area contributed by atoms with Gasteiger partial charge in [-0.15, -0.1) is 0 Å². The highest BCUT2D eigenvalue weighted by molar-refractivity contribution is 7.95. The van der Waals surface area contributed by atoms with E-state index >= 15 is 0 Å². The standard InChI is InChI=1S/C12H15FO6S2/c1-2-5-20(16,17)6-7-21(18,19)11-8-9(12(14)15)3-4-10(11)13/h3-4,8H,2,5-7H2,1H3,(H,14,15). The lowest BCUT2D eigenvalue weighted by molar-refractivity contribution is 0.0696. The maximum atomic E-state index is 13.6. The van der Waals surface area contributed by atoms with Crippen LogP contribution in [0.1, 0.15) is 23.7 Å². The second kappa shape index (κ2) is 6.52. The predicted molar refractivity (Wildman–Crippen MR) is 74.4 cm³/mol. The van der Waals surface area contributed by atoms with Crippen LogP contribution < -0.4 is 0 Å². The molecular formula is C12H15FO6S2. The number of carboxylic acid groups (broad SMARTS) is 1. The first-order valence-corrected chi connectivity index (χ1v) is 9.52. The van der Waals surface area contributed by atoms with Crippen molar-refractivity contribution in [1.82, 2.24) is 0 Å². The fourth-order valence-electron chi connectivity index (χ4n) is 1.63. The first-order valence-electron chi connectivity index (χ1n) is 6.05. The van der Waals surface area contributed by atoms with Crippen LogP contribution in [0.3, 0.4) is 0 Å². The highest BCUT2D eigenvalue weighted by Crippen LogP contribution is 2.18. The molecular weight excluding hydrogens is 323 g/mol. The molecule has 21 heavy (non-hydrogen) atoms. The molecule has 0 unspecified atom stereocenters. The topological polar surface area (TPSA) is 106 Å². The van der Waals surface area contributed by atoms with Gasteiger partial charge in [0.05, 0.1) is 17.1 Å². The Balaban J connectivity index is 3.09. The fraction of sp³-hybridized carbons (Fsp3) is 0.417. The zero-order valence-electron chi connectivity index (χ0n) is 11.2. The number of aromatic carboxylic acids is 1. The molecule has 1 aromatic rings. The second-order valence-electron chi connectivity index (χ2n) is 4.42. The Morgan fingerprint density at radius 2 is 1.76 bits per heavy atom. The van der Waals surface area contributed by atoms with E-state index in [0.29, 0.717) is 12.5 Å². The quantitative estimate of drug-likeness (QED) is 0.799. The number of sulfone groups is 2. The molecule has 0 atom stereocenters. The van der Waals surface area contributed by atoms with E-state index in [1.807, 2.05) is 0 Å². The summed E-state index contributed by atoms with van der Waals surface area (Å²) in [7, 11) is -7.75. The number of rotatable bonds is 7. The summed E-state index contributed by atoms with van der Waals surface area (Å²) in [5.74, 6) is -4.06. The molecule has 0 aliphatic carbocycles. The normalized spacial score (nSPS) is 12.3. The summed E-state index contributed by atoms with van der Waals surface area (Å²) in [5.41, 5.74) is -0.383. The molecule has 0 aliphatic heterocycles. The van der Waals surface area contributed by atoms with Crippen LogP contribution in [0.2, 0.25) is 0 Å². The van der Waals surface area contributed by atoms with E-state index in [0.717, 1.165) is 12.1 Å². The molecule has 0 aromatic heterocycles. The number of carboxylic acids is 1. The SMILES string of the molecule is CCCS(=O)(=O)CCS(=O)(=O)c1cc(C(=O)O)ccc1F. The van der Waals surface area contributed by atoms with Gasteiger partial charge in [0.15, 0.2) is 19.7 Å². The summed E-state index contributed by atoms with van der Waals surface area (Å²) in [5, 5.41) is 8.78. The maximum Gasteiger partial charge on any atom is 0.335 e. The van der Waals surface area contributed by atoms with Gasteiger partial charge < -0.3 is 5.11 Å². The Morgan fingerprint density at radius 3 is 2.29 bits per heavy atom. The van der Waals surface area contributed by atoms with Crippen LogP contribution in [0.25, 0.3) is 0 Å². The zero-order chi connectivity index (χ0) is 16.3. The summed E-state index contributed by atoms with van der Waals surface area (Å²) < 4.78 is 60.6. The molecule has 0 fully saturated rings. The van der Waals surface area contributed by atoms with Crippen LogP contribution >= 0.6 is 0 Å². The minimum absolute atomic E-state index is 0.153. The minimum atomic E-state index is -4.22. The number of carbonyl (C=O) groups is 1. The Kier molecular flexibility index (Phi) is 5.46. The molecule has 0 saturated carbocycles. The zero-order valence-corrected chi connectivity index (χ0v) is 12.9. The van der Waals surface area contributed by atoms with Crippen molar-refractivity contribution in [2.24, 2.45) is 0 Å². The molecule has 0 radical (unpaired) electrons. The van der Waals surface area contributed by atoms with Crippen LogP contribution in [0.5, 0.6) is 0 Å². The van der Waals surface area contributed by atoms with Crippen LogP contribution in [-0.4, -0.2) is 45.2 Å². The largest absolute Gasteiger partial charge is 0.478 e. The van der Waals surface area contributed by atoms with Crippen molar-refractivity contribution in [1.29, 1.82) is 0 Å². The van der Waals surface area contributed by atoms with E-state index in [2.05, 4.69) is 0 Å². The van der Waals surface area contributed by atoms with Crippen LogP contribution in [-0.2, 0) is 19.7 Å². The van der Waals surface area contributed by atoms with Gasteiger partial charge in [-0.2, -0.15) is 0 Å². The van der Waals surface area contributed by atoms with Crippen molar-refractivity contribution in [2.75, 3.05) is 17.3 Å². The average molecular weight is 338 g/mol. The van der Waals surface area contributed by atoms with Gasteiger partial charge in [0.25, 0.3) is 0 Å². The lowest BCUT2D eigenvalue weighted by atomic mass is 10.2. The predicted octanol–water partition coefficient (Wildman–Crippen LogP) is 1.12. The smallest absolute Gasteiger partial charge is 0.335 e. The van der Waals surface area contributed by atoms with Gasteiger partial charge in [0.2, 0.25) is 0 Å². The van der Waals surface area contributed by atoms with E-state index in [9.17, 15) is 26.0 Å². The Hall–Kier alpha value is -1.48. The lowest BCUT2D eigenvalue weighted by Gasteiger charge is -2.07. The lowest BCUT2D eigenvalue weighted by Crippen LogP contribution is -2.20. The molecule has 1 N–H and O–H groups in total. The van der Waals surface area contributed by atoms with Crippen molar-refractivity contribution in [2.45, 2.75) is 18.2 Å². The third kappa shape index (κ3) is 4.78. The monoisotopic (exact) mass is 338 g/mol. The van der Waals surface area contributed by atoms with Gasteiger partial charge >= 0.3 is 5.97 Å². The molecule has 0 heterocycles. The number of hydrogen-bond donors (Lipinski definition) is 1. The Labute approximate surface area is 122 Å². The van der Waals surface area contributed by atoms with E-state index < -0.39 is 47.9 Å². The molecule has 0 aliphatic rings. The molecule has 9 heteroatoms. The third-order valence-corrected chi connectivity index (χ3v) is 6.53. The molecule has 6 nitrogen and oxygen atoms in total. The van der Waals surface area contributed by atoms with E-state index in [1.165, 1.54) is 0 Å².